The Balaban J connectivity index is 3.21. The van der Waals surface area contributed by atoms with Gasteiger partial charge < -0.3 is 10.4 Å². The molecule has 0 radical (unpaired) electrons. The minimum absolute atomic E-state index is 0.0836. The van der Waals surface area contributed by atoms with Crippen LogP contribution in [-0.4, -0.2) is 37.3 Å². The van der Waals surface area contributed by atoms with Crippen molar-refractivity contribution in [2.24, 2.45) is 0 Å². The van der Waals surface area contributed by atoms with Gasteiger partial charge in [-0.2, -0.15) is 0 Å². The first-order valence-electron chi connectivity index (χ1n) is 4.55. The molecule has 0 aromatic rings. The molecule has 0 amide bonds. The molecule has 86 valence electrons. The van der Waals surface area contributed by atoms with Gasteiger partial charge in [0.15, 0.2) is 0 Å². The van der Waals surface area contributed by atoms with E-state index in [-0.39, 0.29) is 6.54 Å². The molecule has 14 heavy (non-hydrogen) atoms. The summed E-state index contributed by atoms with van der Waals surface area (Å²) < 4.78 is 37.9. The normalized spacial score (nSPS) is 14.4. The van der Waals surface area contributed by atoms with Gasteiger partial charge in [0.05, 0.1) is 12.7 Å². The number of aliphatic hydroxyl groups is 1. The highest BCUT2D eigenvalue weighted by Crippen LogP contribution is 2.14. The van der Waals surface area contributed by atoms with Crippen molar-refractivity contribution in [3.05, 3.63) is 0 Å². The maximum Gasteiger partial charge on any atom is 0.522 e. The molecule has 0 rings (SSSR count). The Bertz CT molecular complexity index is 141. The van der Waals surface area contributed by atoms with Gasteiger partial charge in [-0.3, -0.25) is 4.74 Å². The van der Waals surface area contributed by atoms with Crippen LogP contribution in [0.3, 0.4) is 0 Å². The molecule has 0 heterocycles. The molecule has 0 bridgehead atoms. The Morgan fingerprint density at radius 2 is 2.07 bits per heavy atom. The summed E-state index contributed by atoms with van der Waals surface area (Å²) in [6, 6.07) is 0. The molecule has 0 aromatic heterocycles. The fourth-order valence-corrected chi connectivity index (χ4v) is 0.943. The molecule has 1 unspecified atom stereocenters. The largest absolute Gasteiger partial charge is 0.522 e. The minimum Gasteiger partial charge on any atom is -0.392 e. The summed E-state index contributed by atoms with van der Waals surface area (Å²) in [5.41, 5.74) is 0. The minimum atomic E-state index is -4.57. The van der Waals surface area contributed by atoms with E-state index in [1.54, 1.807) is 0 Å². The van der Waals surface area contributed by atoms with Crippen molar-refractivity contribution in [2.45, 2.75) is 32.2 Å². The van der Waals surface area contributed by atoms with Crippen LogP contribution < -0.4 is 5.32 Å². The monoisotopic (exact) mass is 215 g/mol. The summed E-state index contributed by atoms with van der Waals surface area (Å²) in [5, 5.41) is 11.9. The Labute approximate surface area is 81.2 Å². The SMILES string of the molecule is CCCC(O)CNCCOC(F)(F)F. The number of rotatable bonds is 7. The molecule has 0 aliphatic carbocycles. The van der Waals surface area contributed by atoms with E-state index < -0.39 is 19.1 Å². The first-order valence-corrected chi connectivity index (χ1v) is 4.55. The van der Waals surface area contributed by atoms with E-state index in [1.807, 2.05) is 6.92 Å². The highest BCUT2D eigenvalue weighted by atomic mass is 19.4. The number of hydrogen-bond acceptors (Lipinski definition) is 3. The molecule has 0 spiro atoms. The molecule has 2 N–H and O–H groups in total. The number of ether oxygens (including phenoxy) is 1. The van der Waals surface area contributed by atoms with Crippen LogP contribution in [0, 0.1) is 0 Å². The third kappa shape index (κ3) is 9.76. The van der Waals surface area contributed by atoms with E-state index in [4.69, 9.17) is 0 Å². The van der Waals surface area contributed by atoms with Gasteiger partial charge in [0.2, 0.25) is 0 Å². The summed E-state index contributed by atoms with van der Waals surface area (Å²) in [7, 11) is 0. The quantitative estimate of drug-likeness (QED) is 0.628. The van der Waals surface area contributed by atoms with Gasteiger partial charge in [-0.1, -0.05) is 13.3 Å². The summed E-state index contributed by atoms with van der Waals surface area (Å²) in [6.07, 6.45) is -3.57. The number of aliphatic hydroxyl groups excluding tert-OH is 1. The van der Waals surface area contributed by atoms with Gasteiger partial charge in [0.1, 0.15) is 0 Å². The number of halogens is 3. The van der Waals surface area contributed by atoms with Gasteiger partial charge in [-0.05, 0) is 6.42 Å². The van der Waals surface area contributed by atoms with E-state index >= 15 is 0 Å². The van der Waals surface area contributed by atoms with Crippen molar-refractivity contribution in [1.29, 1.82) is 0 Å². The summed E-state index contributed by atoms with van der Waals surface area (Å²) in [5.74, 6) is 0. The summed E-state index contributed by atoms with van der Waals surface area (Å²) >= 11 is 0. The molecule has 0 fully saturated rings. The van der Waals surface area contributed by atoms with Crippen molar-refractivity contribution >= 4 is 0 Å². The van der Waals surface area contributed by atoms with Gasteiger partial charge in [0, 0.05) is 13.1 Å². The van der Waals surface area contributed by atoms with E-state index in [1.165, 1.54) is 0 Å². The standard InChI is InChI=1S/C8H16F3NO2/c1-2-3-7(13)6-12-4-5-14-8(9,10)11/h7,12-13H,2-6H2,1H3. The molecule has 0 aromatic carbocycles. The highest BCUT2D eigenvalue weighted by Gasteiger charge is 2.28. The van der Waals surface area contributed by atoms with Crippen molar-refractivity contribution < 1.29 is 23.0 Å². The van der Waals surface area contributed by atoms with Crippen LogP contribution in [0.5, 0.6) is 0 Å². The zero-order valence-corrected chi connectivity index (χ0v) is 8.10. The fourth-order valence-electron chi connectivity index (χ4n) is 0.943. The predicted molar refractivity (Wildman–Crippen MR) is 45.8 cm³/mol. The lowest BCUT2D eigenvalue weighted by molar-refractivity contribution is -0.323. The first-order chi connectivity index (χ1) is 6.45. The average Bonchev–Trinajstić information content (AvgIpc) is 2.02. The number of hydrogen-bond donors (Lipinski definition) is 2. The molecule has 6 heteroatoms. The maximum absolute atomic E-state index is 11.5. The second-order valence-electron chi connectivity index (χ2n) is 2.94. The van der Waals surface area contributed by atoms with Gasteiger partial charge in [-0.15, -0.1) is 13.2 Å². The highest BCUT2D eigenvalue weighted by molar-refractivity contribution is 4.57. The molecule has 0 saturated carbocycles. The first kappa shape index (κ1) is 13.7. The van der Waals surface area contributed by atoms with E-state index in [0.717, 1.165) is 6.42 Å². The summed E-state index contributed by atoms with van der Waals surface area (Å²) in [6.45, 7) is 1.88. The van der Waals surface area contributed by atoms with Gasteiger partial charge in [0.25, 0.3) is 0 Å². The molecular formula is C8H16F3NO2. The second-order valence-corrected chi connectivity index (χ2v) is 2.94. The summed E-state index contributed by atoms with van der Waals surface area (Å²) in [4.78, 5) is 0. The third-order valence-corrected chi connectivity index (χ3v) is 1.55. The van der Waals surface area contributed by atoms with Gasteiger partial charge in [-0.25, -0.2) is 0 Å². The average molecular weight is 215 g/mol. The molecule has 1 atom stereocenters. The van der Waals surface area contributed by atoms with Gasteiger partial charge >= 0.3 is 6.36 Å². The van der Waals surface area contributed by atoms with E-state index in [2.05, 4.69) is 10.1 Å². The van der Waals surface area contributed by atoms with E-state index in [0.29, 0.717) is 13.0 Å². The molecule has 3 nitrogen and oxygen atoms in total. The number of alkyl halides is 3. The van der Waals surface area contributed by atoms with E-state index in [9.17, 15) is 18.3 Å². The lowest BCUT2D eigenvalue weighted by Gasteiger charge is -2.11. The lowest BCUT2D eigenvalue weighted by atomic mass is 10.2. The van der Waals surface area contributed by atoms with Crippen LogP contribution in [0.2, 0.25) is 0 Å². The van der Waals surface area contributed by atoms with Crippen LogP contribution in [0.1, 0.15) is 19.8 Å². The Morgan fingerprint density at radius 1 is 1.43 bits per heavy atom. The smallest absolute Gasteiger partial charge is 0.392 e. The molecule has 0 aliphatic heterocycles. The van der Waals surface area contributed by atoms with Crippen LogP contribution >= 0.6 is 0 Å². The maximum atomic E-state index is 11.5. The van der Waals surface area contributed by atoms with Crippen molar-refractivity contribution in [1.82, 2.24) is 5.32 Å². The van der Waals surface area contributed by atoms with Crippen LogP contribution in [0.15, 0.2) is 0 Å². The van der Waals surface area contributed by atoms with Crippen molar-refractivity contribution in [2.75, 3.05) is 19.7 Å². The topological polar surface area (TPSA) is 41.5 Å². The van der Waals surface area contributed by atoms with Crippen molar-refractivity contribution in [3.63, 3.8) is 0 Å². The lowest BCUT2D eigenvalue weighted by Crippen LogP contribution is -2.30. The molecule has 0 saturated heterocycles. The molecule has 0 aliphatic rings. The Morgan fingerprint density at radius 3 is 2.57 bits per heavy atom. The Hall–Kier alpha value is -0.330. The van der Waals surface area contributed by atoms with Crippen LogP contribution in [0.4, 0.5) is 13.2 Å². The molecular weight excluding hydrogens is 199 g/mol. The number of nitrogens with one attached hydrogen (secondary N) is 1. The van der Waals surface area contributed by atoms with Crippen LogP contribution in [-0.2, 0) is 4.74 Å². The second kappa shape index (κ2) is 7.03. The predicted octanol–water partition coefficient (Wildman–Crippen LogP) is 1.27. The third-order valence-electron chi connectivity index (χ3n) is 1.55. The fraction of sp³-hybridized carbons (Fsp3) is 1.00. The van der Waals surface area contributed by atoms with Crippen molar-refractivity contribution in [3.8, 4) is 0 Å². The van der Waals surface area contributed by atoms with Crippen LogP contribution in [0.25, 0.3) is 0 Å². The zero-order valence-electron chi connectivity index (χ0n) is 8.10. The zero-order chi connectivity index (χ0) is 11.0. The Kier molecular flexibility index (Phi) is 6.86.